The fraction of sp³-hybridized carbons (Fsp3) is 0.588. The maximum Gasteiger partial charge on any atom is 0.230 e. The standard InChI is InChI=1S/C17H25FN2O/c1-19-11-6-12-20-16(21)17(9-3-2-4-10-17)14-7-5-8-15(18)13-14/h5,7-8,13,19H,2-4,6,9-12H2,1H3,(H,20,21). The van der Waals surface area contributed by atoms with Gasteiger partial charge < -0.3 is 10.6 Å². The molecular formula is C17H25FN2O. The van der Waals surface area contributed by atoms with Crippen molar-refractivity contribution in [1.29, 1.82) is 0 Å². The van der Waals surface area contributed by atoms with Gasteiger partial charge in [0.2, 0.25) is 5.91 Å². The van der Waals surface area contributed by atoms with Gasteiger partial charge in [-0.05, 0) is 50.6 Å². The predicted molar refractivity (Wildman–Crippen MR) is 82.7 cm³/mol. The normalized spacial score (nSPS) is 17.4. The third-order valence-electron chi connectivity index (χ3n) is 4.41. The van der Waals surface area contributed by atoms with E-state index in [0.29, 0.717) is 6.54 Å². The largest absolute Gasteiger partial charge is 0.355 e. The molecule has 116 valence electrons. The SMILES string of the molecule is CNCCCNC(=O)C1(c2cccc(F)c2)CCCCC1. The Bertz CT molecular complexity index is 470. The number of halogens is 1. The molecule has 0 aromatic heterocycles. The Kier molecular flexibility index (Phi) is 5.74. The molecule has 0 saturated heterocycles. The van der Waals surface area contributed by atoms with Gasteiger partial charge in [0.15, 0.2) is 0 Å². The predicted octanol–water partition coefficient (Wildman–Crippen LogP) is 2.75. The first kappa shape index (κ1) is 16.0. The average molecular weight is 292 g/mol. The van der Waals surface area contributed by atoms with E-state index in [1.165, 1.54) is 12.1 Å². The Labute approximate surface area is 126 Å². The van der Waals surface area contributed by atoms with Crippen molar-refractivity contribution < 1.29 is 9.18 Å². The second-order valence-electron chi connectivity index (χ2n) is 5.87. The zero-order chi connectivity index (χ0) is 15.1. The van der Waals surface area contributed by atoms with Gasteiger partial charge in [0.1, 0.15) is 5.82 Å². The summed E-state index contributed by atoms with van der Waals surface area (Å²) < 4.78 is 13.6. The Balaban J connectivity index is 2.15. The Morgan fingerprint density at radius 3 is 2.67 bits per heavy atom. The second kappa shape index (κ2) is 7.55. The van der Waals surface area contributed by atoms with Crippen LogP contribution in [0.15, 0.2) is 24.3 Å². The minimum absolute atomic E-state index is 0.0592. The molecule has 2 N–H and O–H groups in total. The molecule has 1 aromatic carbocycles. The number of benzene rings is 1. The molecule has 0 bridgehead atoms. The number of nitrogens with one attached hydrogen (secondary N) is 2. The van der Waals surface area contributed by atoms with Gasteiger partial charge in [-0.25, -0.2) is 4.39 Å². The monoisotopic (exact) mass is 292 g/mol. The zero-order valence-corrected chi connectivity index (χ0v) is 12.8. The molecule has 0 aliphatic heterocycles. The van der Waals surface area contributed by atoms with Crippen molar-refractivity contribution in [2.45, 2.75) is 43.9 Å². The van der Waals surface area contributed by atoms with Crippen molar-refractivity contribution in [2.24, 2.45) is 0 Å². The van der Waals surface area contributed by atoms with Gasteiger partial charge >= 0.3 is 0 Å². The van der Waals surface area contributed by atoms with Crippen LogP contribution in [0.3, 0.4) is 0 Å². The van der Waals surface area contributed by atoms with Crippen LogP contribution >= 0.6 is 0 Å². The third kappa shape index (κ3) is 3.82. The van der Waals surface area contributed by atoms with Crippen molar-refractivity contribution in [2.75, 3.05) is 20.1 Å². The van der Waals surface area contributed by atoms with Crippen LogP contribution in [0.4, 0.5) is 4.39 Å². The summed E-state index contributed by atoms with van der Waals surface area (Å²) in [5.41, 5.74) is 0.285. The van der Waals surface area contributed by atoms with Gasteiger partial charge in [0.25, 0.3) is 0 Å². The van der Waals surface area contributed by atoms with Gasteiger partial charge in [-0.2, -0.15) is 0 Å². The molecular weight excluding hydrogens is 267 g/mol. The van der Waals surface area contributed by atoms with Crippen LogP contribution in [-0.2, 0) is 10.2 Å². The number of carbonyl (C=O) groups is 1. The van der Waals surface area contributed by atoms with Crippen molar-refractivity contribution in [1.82, 2.24) is 10.6 Å². The molecule has 4 heteroatoms. The smallest absolute Gasteiger partial charge is 0.230 e. The molecule has 1 fully saturated rings. The molecule has 1 aliphatic rings. The van der Waals surface area contributed by atoms with E-state index in [1.807, 2.05) is 13.1 Å². The summed E-state index contributed by atoms with van der Waals surface area (Å²) in [5, 5.41) is 6.11. The Morgan fingerprint density at radius 2 is 2.00 bits per heavy atom. The van der Waals surface area contributed by atoms with E-state index >= 15 is 0 Å². The van der Waals surface area contributed by atoms with Gasteiger partial charge in [-0.1, -0.05) is 31.4 Å². The van der Waals surface area contributed by atoms with Crippen LogP contribution in [0.2, 0.25) is 0 Å². The highest BCUT2D eigenvalue weighted by Crippen LogP contribution is 2.39. The summed E-state index contributed by atoms with van der Waals surface area (Å²) in [4.78, 5) is 12.7. The lowest BCUT2D eigenvalue weighted by molar-refractivity contribution is -0.128. The Morgan fingerprint density at radius 1 is 1.24 bits per heavy atom. The number of hydrogen-bond acceptors (Lipinski definition) is 2. The maximum atomic E-state index is 13.6. The highest BCUT2D eigenvalue weighted by atomic mass is 19.1. The molecule has 3 nitrogen and oxygen atoms in total. The molecule has 2 rings (SSSR count). The molecule has 21 heavy (non-hydrogen) atoms. The second-order valence-corrected chi connectivity index (χ2v) is 5.87. The van der Waals surface area contributed by atoms with Crippen LogP contribution in [0.5, 0.6) is 0 Å². The summed E-state index contributed by atoms with van der Waals surface area (Å²) in [6.07, 6.45) is 5.75. The van der Waals surface area contributed by atoms with Crippen LogP contribution in [-0.4, -0.2) is 26.0 Å². The number of hydrogen-bond donors (Lipinski definition) is 2. The molecule has 1 aromatic rings. The third-order valence-corrected chi connectivity index (χ3v) is 4.41. The fourth-order valence-corrected chi connectivity index (χ4v) is 3.22. The highest BCUT2D eigenvalue weighted by Gasteiger charge is 2.40. The van der Waals surface area contributed by atoms with Crippen molar-refractivity contribution in [3.8, 4) is 0 Å². The molecule has 1 amide bonds. The van der Waals surface area contributed by atoms with Crippen LogP contribution in [0, 0.1) is 5.82 Å². The maximum absolute atomic E-state index is 13.6. The highest BCUT2D eigenvalue weighted by molar-refractivity contribution is 5.88. The van der Waals surface area contributed by atoms with E-state index in [4.69, 9.17) is 0 Å². The van der Waals surface area contributed by atoms with E-state index in [2.05, 4.69) is 10.6 Å². The molecule has 0 heterocycles. The molecule has 1 aliphatic carbocycles. The van der Waals surface area contributed by atoms with Crippen LogP contribution in [0.1, 0.15) is 44.1 Å². The van der Waals surface area contributed by atoms with Gasteiger partial charge in [0.05, 0.1) is 5.41 Å². The molecule has 0 radical (unpaired) electrons. The minimum Gasteiger partial charge on any atom is -0.355 e. The first-order valence-corrected chi connectivity index (χ1v) is 7.88. The summed E-state index contributed by atoms with van der Waals surface area (Å²) in [6, 6.07) is 6.56. The summed E-state index contributed by atoms with van der Waals surface area (Å²) in [5.74, 6) is -0.204. The van der Waals surface area contributed by atoms with E-state index in [1.54, 1.807) is 6.07 Å². The Hall–Kier alpha value is -1.42. The number of amides is 1. The molecule has 1 saturated carbocycles. The number of carbonyl (C=O) groups excluding carboxylic acids is 1. The van der Waals surface area contributed by atoms with E-state index < -0.39 is 5.41 Å². The van der Waals surface area contributed by atoms with Gasteiger partial charge in [0, 0.05) is 6.54 Å². The van der Waals surface area contributed by atoms with Gasteiger partial charge in [-0.3, -0.25) is 4.79 Å². The van der Waals surface area contributed by atoms with Gasteiger partial charge in [-0.15, -0.1) is 0 Å². The van der Waals surface area contributed by atoms with Crippen molar-refractivity contribution in [3.05, 3.63) is 35.6 Å². The lowest BCUT2D eigenvalue weighted by Crippen LogP contribution is -2.46. The van der Waals surface area contributed by atoms with E-state index in [9.17, 15) is 9.18 Å². The lowest BCUT2D eigenvalue weighted by atomic mass is 9.68. The van der Waals surface area contributed by atoms with E-state index in [0.717, 1.165) is 50.6 Å². The van der Waals surface area contributed by atoms with Crippen LogP contribution in [0.25, 0.3) is 0 Å². The zero-order valence-electron chi connectivity index (χ0n) is 12.8. The molecule has 0 atom stereocenters. The lowest BCUT2D eigenvalue weighted by Gasteiger charge is -2.36. The summed E-state index contributed by atoms with van der Waals surface area (Å²) in [6.45, 7) is 1.55. The molecule has 0 unspecified atom stereocenters. The summed E-state index contributed by atoms with van der Waals surface area (Å²) >= 11 is 0. The van der Waals surface area contributed by atoms with E-state index in [-0.39, 0.29) is 11.7 Å². The molecule has 0 spiro atoms. The first-order valence-electron chi connectivity index (χ1n) is 7.88. The average Bonchev–Trinajstić information content (AvgIpc) is 2.52. The summed E-state index contributed by atoms with van der Waals surface area (Å²) in [7, 11) is 1.90. The fourth-order valence-electron chi connectivity index (χ4n) is 3.22. The van der Waals surface area contributed by atoms with Crippen molar-refractivity contribution >= 4 is 5.91 Å². The van der Waals surface area contributed by atoms with Crippen LogP contribution < -0.4 is 10.6 Å². The van der Waals surface area contributed by atoms with Crippen molar-refractivity contribution in [3.63, 3.8) is 0 Å². The minimum atomic E-state index is -0.542. The quantitative estimate of drug-likeness (QED) is 0.792. The first-order chi connectivity index (χ1) is 10.2. The number of rotatable bonds is 6. The topological polar surface area (TPSA) is 41.1 Å².